The number of aromatic nitrogens is 2. The van der Waals surface area contributed by atoms with Gasteiger partial charge in [-0.15, -0.1) is 5.10 Å². The van der Waals surface area contributed by atoms with Crippen LogP contribution >= 0.6 is 11.6 Å². The normalized spacial score (nSPS) is 13.6. The summed E-state index contributed by atoms with van der Waals surface area (Å²) in [5.41, 5.74) is 2.26. The molecule has 7 nitrogen and oxygen atoms in total. The number of likely N-dealkylation sites (tertiary alicyclic amines) is 1. The van der Waals surface area contributed by atoms with E-state index < -0.39 is 5.82 Å². The second kappa shape index (κ2) is 11.4. The van der Waals surface area contributed by atoms with Gasteiger partial charge in [-0.25, -0.2) is 4.39 Å². The summed E-state index contributed by atoms with van der Waals surface area (Å²) in [5, 5.41) is 12.1. The minimum Gasteiger partial charge on any atom is -0.497 e. The molecular formula is C25H28ClFN4O3. The number of nitrogens with zero attached hydrogens (tertiary/aromatic N) is 3. The van der Waals surface area contributed by atoms with E-state index >= 15 is 0 Å². The van der Waals surface area contributed by atoms with Crippen molar-refractivity contribution >= 4 is 17.3 Å². The summed E-state index contributed by atoms with van der Waals surface area (Å²) in [4.78, 5) is 2.35. The van der Waals surface area contributed by atoms with Gasteiger partial charge in [0.1, 0.15) is 29.6 Å². The Morgan fingerprint density at radius 2 is 1.88 bits per heavy atom. The first-order valence-corrected chi connectivity index (χ1v) is 11.6. The molecule has 0 bridgehead atoms. The van der Waals surface area contributed by atoms with Crippen LogP contribution in [-0.2, 0) is 6.54 Å². The molecule has 0 spiro atoms. The second-order valence-electron chi connectivity index (χ2n) is 7.99. The van der Waals surface area contributed by atoms with E-state index in [4.69, 9.17) is 25.8 Å². The van der Waals surface area contributed by atoms with Crippen LogP contribution in [-0.4, -0.2) is 55.6 Å². The number of anilines is 1. The minimum atomic E-state index is -0.412. The first-order chi connectivity index (χ1) is 16.6. The number of hydrogen-bond donors (Lipinski definition) is 1. The van der Waals surface area contributed by atoms with Crippen LogP contribution in [0.15, 0.2) is 42.6 Å². The van der Waals surface area contributed by atoms with Gasteiger partial charge < -0.3 is 19.5 Å². The highest BCUT2D eigenvalue weighted by molar-refractivity contribution is 6.30. The van der Waals surface area contributed by atoms with Gasteiger partial charge in [0.2, 0.25) is 0 Å². The van der Waals surface area contributed by atoms with E-state index in [9.17, 15) is 4.39 Å². The average Bonchev–Trinajstić information content (AvgIpc) is 3.38. The Morgan fingerprint density at radius 3 is 2.65 bits per heavy atom. The van der Waals surface area contributed by atoms with E-state index in [2.05, 4.69) is 20.4 Å². The zero-order chi connectivity index (χ0) is 23.9. The summed E-state index contributed by atoms with van der Waals surface area (Å²) in [7, 11) is 3.21. The molecule has 2 heterocycles. The van der Waals surface area contributed by atoms with Crippen LogP contribution < -0.4 is 19.5 Å². The zero-order valence-electron chi connectivity index (χ0n) is 19.3. The highest BCUT2D eigenvalue weighted by Gasteiger charge is 2.19. The predicted molar refractivity (Wildman–Crippen MR) is 130 cm³/mol. The third-order valence-corrected chi connectivity index (χ3v) is 6.07. The highest BCUT2D eigenvalue weighted by atomic mass is 35.5. The molecule has 0 unspecified atom stereocenters. The van der Waals surface area contributed by atoms with Crippen LogP contribution in [0.4, 0.5) is 10.1 Å². The fraction of sp³-hybridized carbons (Fsp3) is 0.360. The molecule has 1 N–H and O–H groups in total. The van der Waals surface area contributed by atoms with Gasteiger partial charge in [0.25, 0.3) is 5.88 Å². The van der Waals surface area contributed by atoms with Crippen molar-refractivity contribution in [1.29, 1.82) is 0 Å². The Balaban J connectivity index is 1.63. The van der Waals surface area contributed by atoms with Crippen molar-refractivity contribution in [2.24, 2.45) is 0 Å². The third-order valence-electron chi connectivity index (χ3n) is 5.83. The van der Waals surface area contributed by atoms with Gasteiger partial charge in [-0.05, 0) is 56.3 Å². The third kappa shape index (κ3) is 5.69. The fourth-order valence-corrected chi connectivity index (χ4v) is 4.18. The lowest BCUT2D eigenvalue weighted by Crippen LogP contribution is -2.25. The zero-order valence-corrected chi connectivity index (χ0v) is 20.1. The molecule has 0 amide bonds. The molecule has 0 aliphatic carbocycles. The maximum absolute atomic E-state index is 14.8. The number of ether oxygens (including phenoxy) is 3. The molecular weight excluding hydrogens is 459 g/mol. The lowest BCUT2D eigenvalue weighted by Gasteiger charge is -2.19. The summed E-state index contributed by atoms with van der Waals surface area (Å²) in [6, 6.07) is 10.00. The van der Waals surface area contributed by atoms with Crippen molar-refractivity contribution in [1.82, 2.24) is 15.1 Å². The second-order valence-corrected chi connectivity index (χ2v) is 8.43. The van der Waals surface area contributed by atoms with Crippen LogP contribution in [0.2, 0.25) is 5.02 Å². The lowest BCUT2D eigenvalue weighted by molar-refractivity contribution is 0.231. The van der Waals surface area contributed by atoms with Crippen LogP contribution in [0.5, 0.6) is 17.4 Å². The number of halogens is 2. The van der Waals surface area contributed by atoms with Crippen molar-refractivity contribution in [2.75, 3.05) is 45.8 Å². The predicted octanol–water partition coefficient (Wildman–Crippen LogP) is 5.04. The first kappa shape index (κ1) is 24.0. The summed E-state index contributed by atoms with van der Waals surface area (Å²) < 4.78 is 31.6. The van der Waals surface area contributed by atoms with Crippen molar-refractivity contribution in [3.8, 4) is 28.5 Å². The largest absolute Gasteiger partial charge is 0.497 e. The maximum atomic E-state index is 14.8. The molecule has 180 valence electrons. The Morgan fingerprint density at radius 1 is 1.06 bits per heavy atom. The number of benzene rings is 2. The molecule has 34 heavy (non-hydrogen) atoms. The topological polar surface area (TPSA) is 68.7 Å². The first-order valence-electron chi connectivity index (χ1n) is 11.2. The number of methoxy groups -OCH3 is 2. The Hall–Kier alpha value is -3.10. The Labute approximate surface area is 203 Å². The monoisotopic (exact) mass is 486 g/mol. The molecule has 4 rings (SSSR count). The number of nitrogens with one attached hydrogen (secondary N) is 1. The molecule has 9 heteroatoms. The summed E-state index contributed by atoms with van der Waals surface area (Å²) in [6.07, 6.45) is 3.93. The van der Waals surface area contributed by atoms with Crippen molar-refractivity contribution < 1.29 is 18.6 Å². The van der Waals surface area contributed by atoms with Gasteiger partial charge in [-0.1, -0.05) is 11.6 Å². The van der Waals surface area contributed by atoms with Crippen molar-refractivity contribution in [2.45, 2.75) is 19.4 Å². The molecule has 1 aromatic heterocycles. The molecule has 0 atom stereocenters. The van der Waals surface area contributed by atoms with Gasteiger partial charge in [0.15, 0.2) is 0 Å². The number of rotatable bonds is 10. The molecule has 2 aromatic carbocycles. The summed E-state index contributed by atoms with van der Waals surface area (Å²) >= 11 is 6.17. The van der Waals surface area contributed by atoms with E-state index in [0.29, 0.717) is 52.4 Å². The SMILES string of the molecule is COc1ccc(CNc2c(-c3cc(Cl)ccc3F)cnnc2OCCN2CCCC2)c(OC)c1. The molecule has 0 saturated carbocycles. The standard InChI is InChI=1S/C25H28ClFN4O3/c1-32-19-7-5-17(23(14-19)33-2)15-28-24-21(20-13-18(26)6-8-22(20)27)16-29-30-25(24)34-12-11-31-9-3-4-10-31/h5-8,13-14,16H,3-4,9-12,15H2,1-2H3,(H,28,29). The molecule has 1 saturated heterocycles. The minimum absolute atomic E-state index is 0.309. The van der Waals surface area contributed by atoms with Gasteiger partial charge >= 0.3 is 0 Å². The van der Waals surface area contributed by atoms with Gasteiger partial charge in [0.05, 0.1) is 20.4 Å². The van der Waals surface area contributed by atoms with Gasteiger partial charge in [-0.2, -0.15) is 5.10 Å². The molecule has 3 aromatic rings. The lowest BCUT2D eigenvalue weighted by atomic mass is 10.1. The summed E-state index contributed by atoms with van der Waals surface area (Å²) in [6.45, 7) is 3.78. The van der Waals surface area contributed by atoms with Crippen molar-refractivity contribution in [3.05, 3.63) is 59.0 Å². The molecule has 1 fully saturated rings. The Bertz CT molecular complexity index is 1130. The van der Waals surface area contributed by atoms with Gasteiger partial charge in [0, 0.05) is 40.9 Å². The fourth-order valence-electron chi connectivity index (χ4n) is 4.01. The van der Waals surface area contributed by atoms with E-state index in [0.717, 1.165) is 25.2 Å². The van der Waals surface area contributed by atoms with E-state index in [1.807, 2.05) is 18.2 Å². The average molecular weight is 487 g/mol. The van der Waals surface area contributed by atoms with E-state index in [1.54, 1.807) is 20.3 Å². The maximum Gasteiger partial charge on any atom is 0.257 e. The quantitative estimate of drug-likeness (QED) is 0.430. The van der Waals surface area contributed by atoms with Crippen LogP contribution in [0, 0.1) is 5.82 Å². The molecule has 0 radical (unpaired) electrons. The van der Waals surface area contributed by atoms with E-state index in [1.165, 1.54) is 31.2 Å². The summed E-state index contributed by atoms with van der Waals surface area (Å²) in [5.74, 6) is 1.26. The van der Waals surface area contributed by atoms with Crippen LogP contribution in [0.3, 0.4) is 0 Å². The van der Waals surface area contributed by atoms with Crippen LogP contribution in [0.25, 0.3) is 11.1 Å². The van der Waals surface area contributed by atoms with Crippen molar-refractivity contribution in [3.63, 3.8) is 0 Å². The highest BCUT2D eigenvalue weighted by Crippen LogP contribution is 2.37. The molecule has 1 aliphatic rings. The smallest absolute Gasteiger partial charge is 0.257 e. The van der Waals surface area contributed by atoms with Crippen LogP contribution in [0.1, 0.15) is 18.4 Å². The van der Waals surface area contributed by atoms with Gasteiger partial charge in [-0.3, -0.25) is 4.90 Å². The van der Waals surface area contributed by atoms with E-state index in [-0.39, 0.29) is 0 Å². The molecule has 1 aliphatic heterocycles. The number of hydrogen-bond acceptors (Lipinski definition) is 7. The Kier molecular flexibility index (Phi) is 8.03.